The van der Waals surface area contributed by atoms with Crippen molar-refractivity contribution in [2.24, 2.45) is 0 Å². The van der Waals surface area contributed by atoms with Gasteiger partial charge in [-0.05, 0) is 6.26 Å². The average Bonchev–Trinajstić information content (AvgIpc) is 2.13. The fourth-order valence-electron chi connectivity index (χ4n) is 1.11. The Morgan fingerprint density at radius 2 is 2.36 bits per heavy atom. The molecule has 1 aliphatic rings. The first-order valence-electron chi connectivity index (χ1n) is 4.20. The first-order valence-corrected chi connectivity index (χ1v) is 5.42. The number of halogens is 1. The highest BCUT2D eigenvalue weighted by Crippen LogP contribution is 2.21. The molecule has 0 aromatic carbocycles. The Kier molecular flexibility index (Phi) is 2.83. The summed E-state index contributed by atoms with van der Waals surface area (Å²) < 4.78 is 18.5. The highest BCUT2D eigenvalue weighted by molar-refractivity contribution is 7.98. The topological polar surface area (TPSA) is 47.0 Å². The zero-order valence-electron chi connectivity index (χ0n) is 7.66. The molecule has 1 saturated heterocycles. The number of thioether (sulfide) groups is 1. The summed E-state index contributed by atoms with van der Waals surface area (Å²) in [5, 5.41) is 3.32. The van der Waals surface area contributed by atoms with E-state index in [1.807, 2.05) is 0 Å². The van der Waals surface area contributed by atoms with Crippen LogP contribution in [0.1, 0.15) is 0 Å². The van der Waals surface area contributed by atoms with Crippen molar-refractivity contribution in [2.45, 2.75) is 11.1 Å². The SMILES string of the molecule is CSc1ncnc(NC2COC2)c1F. The van der Waals surface area contributed by atoms with Crippen LogP contribution in [0.5, 0.6) is 0 Å². The Balaban J connectivity index is 2.15. The minimum Gasteiger partial charge on any atom is -0.377 e. The highest BCUT2D eigenvalue weighted by atomic mass is 32.2. The van der Waals surface area contributed by atoms with Gasteiger partial charge in [-0.15, -0.1) is 11.8 Å². The third-order valence-corrected chi connectivity index (χ3v) is 2.60. The number of aromatic nitrogens is 2. The van der Waals surface area contributed by atoms with Gasteiger partial charge in [0.15, 0.2) is 11.6 Å². The van der Waals surface area contributed by atoms with Crippen LogP contribution < -0.4 is 5.32 Å². The molecule has 0 saturated carbocycles. The molecule has 1 aliphatic heterocycles. The zero-order valence-corrected chi connectivity index (χ0v) is 8.47. The number of hydrogen-bond donors (Lipinski definition) is 1. The van der Waals surface area contributed by atoms with Crippen molar-refractivity contribution in [1.29, 1.82) is 0 Å². The van der Waals surface area contributed by atoms with Crippen LogP contribution in [0, 0.1) is 5.82 Å². The van der Waals surface area contributed by atoms with E-state index in [-0.39, 0.29) is 17.7 Å². The Labute approximate surface area is 85.3 Å². The Bertz CT molecular complexity index is 332. The molecule has 6 heteroatoms. The molecule has 76 valence electrons. The van der Waals surface area contributed by atoms with Crippen LogP contribution in [0.3, 0.4) is 0 Å². The second-order valence-electron chi connectivity index (χ2n) is 2.92. The predicted molar refractivity (Wildman–Crippen MR) is 52.0 cm³/mol. The van der Waals surface area contributed by atoms with E-state index in [4.69, 9.17) is 4.74 Å². The molecule has 2 rings (SSSR count). The number of anilines is 1. The van der Waals surface area contributed by atoms with Crippen LogP contribution in [0.4, 0.5) is 10.2 Å². The lowest BCUT2D eigenvalue weighted by Gasteiger charge is -2.27. The molecular formula is C8H10FN3OS. The summed E-state index contributed by atoms with van der Waals surface area (Å²) in [6, 6.07) is 0.175. The van der Waals surface area contributed by atoms with E-state index in [9.17, 15) is 4.39 Å². The second-order valence-corrected chi connectivity index (χ2v) is 3.72. The first kappa shape index (κ1) is 9.67. The molecule has 0 radical (unpaired) electrons. The van der Waals surface area contributed by atoms with Gasteiger partial charge in [-0.25, -0.2) is 9.97 Å². The minimum atomic E-state index is -0.382. The van der Waals surface area contributed by atoms with Crippen molar-refractivity contribution in [3.8, 4) is 0 Å². The van der Waals surface area contributed by atoms with Crippen LogP contribution in [-0.4, -0.2) is 35.5 Å². The summed E-state index contributed by atoms with van der Waals surface area (Å²) in [5.74, 6) is -0.121. The van der Waals surface area contributed by atoms with E-state index < -0.39 is 0 Å². The molecule has 0 unspecified atom stereocenters. The second kappa shape index (κ2) is 4.10. The van der Waals surface area contributed by atoms with Gasteiger partial charge in [0, 0.05) is 0 Å². The first-order chi connectivity index (χ1) is 6.81. The number of ether oxygens (including phenoxy) is 1. The average molecular weight is 215 g/mol. The molecule has 0 aliphatic carbocycles. The van der Waals surface area contributed by atoms with Crippen LogP contribution in [0.2, 0.25) is 0 Å². The molecule has 1 N–H and O–H groups in total. The molecule has 0 amide bonds. The van der Waals surface area contributed by atoms with Gasteiger partial charge in [-0.2, -0.15) is 4.39 Å². The van der Waals surface area contributed by atoms with Gasteiger partial charge >= 0.3 is 0 Å². The summed E-state index contributed by atoms with van der Waals surface area (Å²) >= 11 is 1.26. The highest BCUT2D eigenvalue weighted by Gasteiger charge is 2.20. The lowest BCUT2D eigenvalue weighted by Crippen LogP contribution is -2.40. The van der Waals surface area contributed by atoms with E-state index in [1.54, 1.807) is 6.26 Å². The fourth-order valence-corrected chi connectivity index (χ4v) is 1.54. The van der Waals surface area contributed by atoms with Gasteiger partial charge in [-0.1, -0.05) is 0 Å². The molecule has 1 aromatic rings. The van der Waals surface area contributed by atoms with Gasteiger partial charge < -0.3 is 10.1 Å². The fraction of sp³-hybridized carbons (Fsp3) is 0.500. The smallest absolute Gasteiger partial charge is 0.197 e. The number of nitrogens with one attached hydrogen (secondary N) is 1. The predicted octanol–water partition coefficient (Wildman–Crippen LogP) is 1.15. The van der Waals surface area contributed by atoms with Crippen molar-refractivity contribution < 1.29 is 9.13 Å². The quantitative estimate of drug-likeness (QED) is 0.605. The molecule has 1 aromatic heterocycles. The Morgan fingerprint density at radius 3 is 2.93 bits per heavy atom. The lowest BCUT2D eigenvalue weighted by molar-refractivity contribution is 0.0208. The van der Waals surface area contributed by atoms with Crippen LogP contribution in [0.25, 0.3) is 0 Å². The molecule has 0 spiro atoms. The van der Waals surface area contributed by atoms with Gasteiger partial charge in [0.05, 0.1) is 19.3 Å². The number of rotatable bonds is 3. The summed E-state index contributed by atoms with van der Waals surface area (Å²) in [4.78, 5) is 7.66. The van der Waals surface area contributed by atoms with Gasteiger partial charge in [0.1, 0.15) is 11.4 Å². The third-order valence-electron chi connectivity index (χ3n) is 1.93. The van der Waals surface area contributed by atoms with E-state index in [2.05, 4.69) is 15.3 Å². The van der Waals surface area contributed by atoms with Crippen molar-refractivity contribution in [2.75, 3.05) is 24.8 Å². The Morgan fingerprint density at radius 1 is 1.57 bits per heavy atom. The summed E-state index contributed by atoms with van der Waals surface area (Å²) in [5.41, 5.74) is 0. The van der Waals surface area contributed by atoms with Gasteiger partial charge in [-0.3, -0.25) is 0 Å². The van der Waals surface area contributed by atoms with Crippen LogP contribution >= 0.6 is 11.8 Å². The molecule has 14 heavy (non-hydrogen) atoms. The monoisotopic (exact) mass is 215 g/mol. The van der Waals surface area contributed by atoms with Crippen LogP contribution in [0.15, 0.2) is 11.4 Å². The molecule has 4 nitrogen and oxygen atoms in total. The maximum absolute atomic E-state index is 13.5. The Hall–Kier alpha value is -0.880. The molecular weight excluding hydrogens is 205 g/mol. The van der Waals surface area contributed by atoms with Crippen molar-refractivity contribution in [3.05, 3.63) is 12.1 Å². The number of nitrogens with zero attached hydrogens (tertiary/aromatic N) is 2. The molecule has 2 heterocycles. The van der Waals surface area contributed by atoms with Crippen molar-refractivity contribution in [3.63, 3.8) is 0 Å². The largest absolute Gasteiger partial charge is 0.377 e. The van der Waals surface area contributed by atoms with Gasteiger partial charge in [0.2, 0.25) is 0 Å². The lowest BCUT2D eigenvalue weighted by atomic mass is 10.2. The normalized spacial score (nSPS) is 16.4. The third kappa shape index (κ3) is 1.80. The van der Waals surface area contributed by atoms with Crippen molar-refractivity contribution >= 4 is 17.6 Å². The van der Waals surface area contributed by atoms with E-state index in [1.165, 1.54) is 18.1 Å². The molecule has 0 bridgehead atoms. The van der Waals surface area contributed by atoms with Crippen molar-refractivity contribution in [1.82, 2.24) is 9.97 Å². The van der Waals surface area contributed by atoms with E-state index >= 15 is 0 Å². The van der Waals surface area contributed by atoms with E-state index in [0.29, 0.717) is 18.2 Å². The molecule has 1 fully saturated rings. The summed E-state index contributed by atoms with van der Waals surface area (Å²) in [6.45, 7) is 1.22. The summed E-state index contributed by atoms with van der Waals surface area (Å²) in [7, 11) is 0. The van der Waals surface area contributed by atoms with Gasteiger partial charge in [0.25, 0.3) is 0 Å². The maximum Gasteiger partial charge on any atom is 0.197 e. The summed E-state index contributed by atoms with van der Waals surface area (Å²) in [6.07, 6.45) is 3.14. The molecule has 0 atom stereocenters. The van der Waals surface area contributed by atoms with E-state index in [0.717, 1.165) is 0 Å². The number of hydrogen-bond acceptors (Lipinski definition) is 5. The minimum absolute atomic E-state index is 0.175. The zero-order chi connectivity index (χ0) is 9.97. The maximum atomic E-state index is 13.5. The van der Waals surface area contributed by atoms with Crippen LogP contribution in [-0.2, 0) is 4.74 Å². The standard InChI is InChI=1S/C8H10FN3OS/c1-14-8-6(9)7(10-4-11-8)12-5-2-13-3-5/h4-5H,2-3H2,1H3,(H,10,11,12).